The van der Waals surface area contributed by atoms with Gasteiger partial charge in [0.1, 0.15) is 12.1 Å². The summed E-state index contributed by atoms with van der Waals surface area (Å²) in [5.41, 5.74) is 1.99. The Labute approximate surface area is 167 Å². The Hall–Kier alpha value is -3.76. The second-order valence-corrected chi connectivity index (χ2v) is 6.63. The number of carbonyl (C=O) groups excluding carboxylic acids is 2. The molecule has 11 heteroatoms. The van der Waals surface area contributed by atoms with Crippen LogP contribution in [0.5, 0.6) is 5.75 Å². The van der Waals surface area contributed by atoms with Crippen LogP contribution in [0.2, 0.25) is 0 Å². The number of aryl methyl sites for hydroxylation is 1. The van der Waals surface area contributed by atoms with E-state index >= 15 is 0 Å². The Balaban J connectivity index is 1.71. The zero-order valence-electron chi connectivity index (χ0n) is 16.8. The number of hydrogen-bond acceptors (Lipinski definition) is 7. The summed E-state index contributed by atoms with van der Waals surface area (Å²) in [5, 5.41) is 18.0. The molecule has 0 spiro atoms. The van der Waals surface area contributed by atoms with Crippen molar-refractivity contribution >= 4 is 17.5 Å². The Morgan fingerprint density at radius 1 is 1.21 bits per heavy atom. The van der Waals surface area contributed by atoms with Gasteiger partial charge in [-0.25, -0.2) is 4.68 Å². The van der Waals surface area contributed by atoms with Crippen LogP contribution in [0.3, 0.4) is 0 Å². The van der Waals surface area contributed by atoms with Crippen molar-refractivity contribution in [2.24, 2.45) is 7.05 Å². The zero-order chi connectivity index (χ0) is 21.1. The van der Waals surface area contributed by atoms with Crippen molar-refractivity contribution in [3.63, 3.8) is 0 Å². The number of carbonyl (C=O) groups is 2. The minimum absolute atomic E-state index is 0.182. The molecule has 0 fully saturated rings. The fourth-order valence-electron chi connectivity index (χ4n) is 2.56. The number of amides is 2. The van der Waals surface area contributed by atoms with E-state index in [4.69, 9.17) is 4.74 Å². The van der Waals surface area contributed by atoms with Gasteiger partial charge in [-0.15, -0.1) is 5.10 Å². The molecular formula is C18H22N8O3. The lowest BCUT2D eigenvalue weighted by Gasteiger charge is -2.16. The fourth-order valence-corrected chi connectivity index (χ4v) is 2.56. The molecule has 2 heterocycles. The fraction of sp³-hybridized carbons (Fsp3) is 0.333. The molecule has 2 amide bonds. The number of ether oxygens (including phenoxy) is 1. The molecule has 152 valence electrons. The summed E-state index contributed by atoms with van der Waals surface area (Å²) in [6.07, 6.45) is 0.685. The number of rotatable bonds is 6. The topological polar surface area (TPSA) is 120 Å². The van der Waals surface area contributed by atoms with Crippen LogP contribution >= 0.6 is 0 Å². The summed E-state index contributed by atoms with van der Waals surface area (Å²) in [4.78, 5) is 26.4. The molecule has 3 aromatic rings. The predicted molar refractivity (Wildman–Crippen MR) is 104 cm³/mol. The van der Waals surface area contributed by atoms with E-state index in [0.717, 1.165) is 5.69 Å². The van der Waals surface area contributed by atoms with Crippen LogP contribution in [0, 0.1) is 6.92 Å². The Morgan fingerprint density at radius 3 is 2.48 bits per heavy atom. The molecular weight excluding hydrogens is 376 g/mol. The second kappa shape index (κ2) is 8.09. The zero-order valence-corrected chi connectivity index (χ0v) is 16.8. The van der Waals surface area contributed by atoms with Gasteiger partial charge in [0, 0.05) is 21.1 Å². The maximum atomic E-state index is 12.6. The van der Waals surface area contributed by atoms with Crippen molar-refractivity contribution in [2.45, 2.75) is 20.0 Å². The van der Waals surface area contributed by atoms with Gasteiger partial charge in [0.25, 0.3) is 11.8 Å². The number of anilines is 1. The number of nitrogens with one attached hydrogen (secondary N) is 1. The largest absolute Gasteiger partial charge is 0.481 e. The minimum Gasteiger partial charge on any atom is -0.481 e. The summed E-state index contributed by atoms with van der Waals surface area (Å²) in [6.45, 7) is 3.40. The van der Waals surface area contributed by atoms with Crippen molar-refractivity contribution in [1.82, 2.24) is 34.9 Å². The SMILES string of the molecule is Cc1c(NC(=O)C(C)Oc2ccc(-n3cnnn3)cc2)c(C(=O)N(C)C)nn1C. The maximum Gasteiger partial charge on any atom is 0.276 e. The summed E-state index contributed by atoms with van der Waals surface area (Å²) in [5.74, 6) is -0.175. The van der Waals surface area contributed by atoms with E-state index < -0.39 is 12.0 Å². The van der Waals surface area contributed by atoms with Gasteiger partial charge >= 0.3 is 0 Å². The smallest absolute Gasteiger partial charge is 0.276 e. The lowest BCUT2D eigenvalue weighted by Crippen LogP contribution is -2.31. The van der Waals surface area contributed by atoms with Gasteiger partial charge in [0.2, 0.25) is 0 Å². The van der Waals surface area contributed by atoms with Gasteiger partial charge in [0.05, 0.1) is 17.1 Å². The van der Waals surface area contributed by atoms with Gasteiger partial charge in [-0.05, 0) is 48.5 Å². The van der Waals surface area contributed by atoms with Crippen molar-refractivity contribution in [3.8, 4) is 11.4 Å². The van der Waals surface area contributed by atoms with Crippen molar-refractivity contribution in [2.75, 3.05) is 19.4 Å². The molecule has 0 radical (unpaired) electrons. The third-order valence-electron chi connectivity index (χ3n) is 4.32. The molecule has 0 bridgehead atoms. The summed E-state index contributed by atoms with van der Waals surface area (Å²) < 4.78 is 8.78. The summed E-state index contributed by atoms with van der Waals surface area (Å²) in [7, 11) is 4.97. The molecule has 0 aliphatic heterocycles. The van der Waals surface area contributed by atoms with Crippen LogP contribution in [-0.4, -0.2) is 66.9 Å². The highest BCUT2D eigenvalue weighted by molar-refractivity contribution is 6.03. The molecule has 1 aromatic carbocycles. The monoisotopic (exact) mass is 398 g/mol. The van der Waals surface area contributed by atoms with E-state index in [0.29, 0.717) is 17.1 Å². The number of hydrogen-bond donors (Lipinski definition) is 1. The first-order valence-electron chi connectivity index (χ1n) is 8.84. The standard InChI is InChI=1S/C18H22N8O3/c1-11-15(16(21-25(11)5)18(28)24(3)4)20-17(27)12(2)29-14-8-6-13(7-9-14)26-10-19-22-23-26/h6-10,12H,1-5H3,(H,20,27). The predicted octanol–water partition coefficient (Wildman–Crippen LogP) is 0.812. The van der Waals surface area contributed by atoms with Crippen molar-refractivity contribution < 1.29 is 14.3 Å². The van der Waals surface area contributed by atoms with Crippen molar-refractivity contribution in [1.29, 1.82) is 0 Å². The lowest BCUT2D eigenvalue weighted by atomic mass is 10.2. The van der Waals surface area contributed by atoms with Crippen LogP contribution in [0.4, 0.5) is 5.69 Å². The molecule has 3 rings (SSSR count). The highest BCUT2D eigenvalue weighted by Gasteiger charge is 2.25. The Morgan fingerprint density at radius 2 is 1.90 bits per heavy atom. The van der Waals surface area contributed by atoms with Gasteiger partial charge in [-0.3, -0.25) is 14.3 Å². The number of tetrazole rings is 1. The second-order valence-electron chi connectivity index (χ2n) is 6.63. The molecule has 1 N–H and O–H groups in total. The lowest BCUT2D eigenvalue weighted by molar-refractivity contribution is -0.122. The van der Waals surface area contributed by atoms with E-state index in [1.165, 1.54) is 15.9 Å². The minimum atomic E-state index is -0.796. The van der Waals surface area contributed by atoms with E-state index in [2.05, 4.69) is 25.9 Å². The van der Waals surface area contributed by atoms with Gasteiger partial charge < -0.3 is 15.0 Å². The van der Waals surface area contributed by atoms with E-state index in [1.54, 1.807) is 63.9 Å². The first kappa shape index (κ1) is 20.0. The van der Waals surface area contributed by atoms with Gasteiger partial charge in [-0.2, -0.15) is 5.10 Å². The van der Waals surface area contributed by atoms with Crippen molar-refractivity contribution in [3.05, 3.63) is 42.0 Å². The third-order valence-corrected chi connectivity index (χ3v) is 4.32. The van der Waals surface area contributed by atoms with E-state index in [9.17, 15) is 9.59 Å². The molecule has 29 heavy (non-hydrogen) atoms. The van der Waals surface area contributed by atoms with Crippen LogP contribution in [0.25, 0.3) is 5.69 Å². The number of benzene rings is 1. The average Bonchev–Trinajstić information content (AvgIpc) is 3.32. The maximum absolute atomic E-state index is 12.6. The molecule has 1 unspecified atom stereocenters. The molecule has 0 saturated carbocycles. The Bertz CT molecular complexity index is 1010. The average molecular weight is 398 g/mol. The first-order valence-corrected chi connectivity index (χ1v) is 8.84. The summed E-state index contributed by atoms with van der Waals surface area (Å²) in [6, 6.07) is 6.99. The number of aromatic nitrogens is 6. The van der Waals surface area contributed by atoms with Crippen LogP contribution in [0.1, 0.15) is 23.1 Å². The molecule has 1 atom stereocenters. The van der Waals surface area contributed by atoms with Crippen LogP contribution in [0.15, 0.2) is 30.6 Å². The summed E-state index contributed by atoms with van der Waals surface area (Å²) >= 11 is 0. The van der Waals surface area contributed by atoms with Crippen LogP contribution < -0.4 is 10.1 Å². The molecule has 11 nitrogen and oxygen atoms in total. The highest BCUT2D eigenvalue weighted by atomic mass is 16.5. The molecule has 0 aliphatic carbocycles. The van der Waals surface area contributed by atoms with E-state index in [-0.39, 0.29) is 11.6 Å². The third kappa shape index (κ3) is 4.23. The highest BCUT2D eigenvalue weighted by Crippen LogP contribution is 2.22. The normalized spacial score (nSPS) is 11.8. The quantitative estimate of drug-likeness (QED) is 0.652. The van der Waals surface area contributed by atoms with E-state index in [1.807, 2.05) is 0 Å². The molecule has 2 aromatic heterocycles. The van der Waals surface area contributed by atoms with Gasteiger partial charge in [0.15, 0.2) is 11.8 Å². The first-order chi connectivity index (χ1) is 13.8. The Kier molecular flexibility index (Phi) is 5.57. The van der Waals surface area contributed by atoms with Gasteiger partial charge in [-0.1, -0.05) is 0 Å². The van der Waals surface area contributed by atoms with Crippen LogP contribution in [-0.2, 0) is 11.8 Å². The number of nitrogens with zero attached hydrogens (tertiary/aromatic N) is 7. The molecule has 0 saturated heterocycles. The molecule has 0 aliphatic rings.